The van der Waals surface area contributed by atoms with Crippen molar-refractivity contribution in [3.63, 3.8) is 0 Å². The Bertz CT molecular complexity index is 1670. The summed E-state index contributed by atoms with van der Waals surface area (Å²) in [5.74, 6) is 0. The van der Waals surface area contributed by atoms with Gasteiger partial charge in [-0.15, -0.1) is 70.1 Å². The van der Waals surface area contributed by atoms with Crippen LogP contribution in [0.5, 0.6) is 0 Å². The molecule has 0 saturated heterocycles. The quantitative estimate of drug-likeness (QED) is 0.174. The largest absolute Gasteiger partial charge is 2.00 e. The first-order valence-electron chi connectivity index (χ1n) is 11.4. The fourth-order valence-electron chi connectivity index (χ4n) is 4.92. The molecule has 0 bridgehead atoms. The molecule has 7 rings (SSSR count). The van der Waals surface area contributed by atoms with Crippen LogP contribution in [0.25, 0.3) is 32.3 Å². The first-order valence-corrected chi connectivity index (χ1v) is 11.4. The van der Waals surface area contributed by atoms with Crippen LogP contribution in [-0.2, 0) is 21.1 Å². The fourth-order valence-corrected chi connectivity index (χ4v) is 4.92. The van der Waals surface area contributed by atoms with Crippen molar-refractivity contribution >= 4 is 55.1 Å². The molecule has 6 aromatic carbocycles. The van der Waals surface area contributed by atoms with E-state index in [2.05, 4.69) is 97.1 Å². The van der Waals surface area contributed by atoms with E-state index in [4.69, 9.17) is 9.98 Å². The Kier molecular flexibility index (Phi) is 5.40. The Hall–Kier alpha value is -3.87. The predicted molar refractivity (Wildman–Crippen MR) is 142 cm³/mol. The third-order valence-corrected chi connectivity index (χ3v) is 6.45. The zero-order valence-corrected chi connectivity index (χ0v) is 20.9. The molecule has 0 atom stereocenters. The van der Waals surface area contributed by atoms with E-state index in [-0.39, 0.29) is 21.1 Å². The summed E-state index contributed by atoms with van der Waals surface area (Å²) in [5.41, 5.74) is 5.81. The molecule has 1 aliphatic carbocycles. The molecule has 35 heavy (non-hydrogen) atoms. The molecule has 0 fully saturated rings. The van der Waals surface area contributed by atoms with Gasteiger partial charge in [0.15, 0.2) is 0 Å². The number of hydrogen-bond acceptors (Lipinski definition) is 2. The van der Waals surface area contributed by atoms with Crippen molar-refractivity contribution in [2.45, 2.75) is 0 Å². The molecule has 0 unspecified atom stereocenters. The maximum absolute atomic E-state index is 5.23. The van der Waals surface area contributed by atoms with E-state index in [0.29, 0.717) is 0 Å². The monoisotopic (exact) mass is 625 g/mol. The Balaban J connectivity index is 0.00000229. The van der Waals surface area contributed by atoms with E-state index < -0.39 is 0 Å². The second kappa shape index (κ2) is 8.72. The summed E-state index contributed by atoms with van der Waals surface area (Å²) >= 11 is 0. The average molecular weight is 626 g/mol. The predicted octanol–water partition coefficient (Wildman–Crippen LogP) is 8.00. The first kappa shape index (κ1) is 21.6. The molecule has 0 spiro atoms. The van der Waals surface area contributed by atoms with Gasteiger partial charge in [0.25, 0.3) is 0 Å². The SMILES string of the molecule is [Pt+2].[c-]1cccc2cccc(N=C3C(=Nc4cccc5ccc[c-]c45)c4cccc5cccc3c45)c12. The molecule has 3 heteroatoms. The second-order valence-corrected chi connectivity index (χ2v) is 8.45. The molecule has 1 aliphatic rings. The van der Waals surface area contributed by atoms with E-state index in [1.807, 2.05) is 24.3 Å². The van der Waals surface area contributed by atoms with E-state index >= 15 is 0 Å². The Morgan fingerprint density at radius 2 is 0.886 bits per heavy atom. The number of hydrogen-bond donors (Lipinski definition) is 0. The van der Waals surface area contributed by atoms with Gasteiger partial charge in [0.1, 0.15) is 0 Å². The zero-order chi connectivity index (χ0) is 22.5. The molecule has 0 heterocycles. The molecule has 2 nitrogen and oxygen atoms in total. The van der Waals surface area contributed by atoms with Crippen LogP contribution in [0.3, 0.4) is 0 Å². The summed E-state index contributed by atoms with van der Waals surface area (Å²) in [7, 11) is 0. The minimum Gasteiger partial charge on any atom is -0.294 e. The average Bonchev–Trinajstić information content (AvgIpc) is 3.19. The molecule has 0 aromatic heterocycles. The number of nitrogens with zero attached hydrogens (tertiary/aromatic N) is 2. The van der Waals surface area contributed by atoms with Crippen molar-refractivity contribution in [2.75, 3.05) is 0 Å². The van der Waals surface area contributed by atoms with E-state index in [0.717, 1.165) is 55.5 Å². The van der Waals surface area contributed by atoms with Crippen LogP contribution in [0.1, 0.15) is 11.1 Å². The standard InChI is InChI=1S/C32H18N2.Pt/c1-3-15-24-21(9-1)11-7-19-28(24)33-31-26-17-5-13-23-14-6-18-27(30(23)26)32(31)34-29-20-8-12-22-10-2-4-16-25(22)29;/h1-14,17-20H;/q-2;+2. The number of rotatable bonds is 2. The van der Waals surface area contributed by atoms with Crippen molar-refractivity contribution in [1.82, 2.24) is 0 Å². The summed E-state index contributed by atoms with van der Waals surface area (Å²) in [6.45, 7) is 0. The Morgan fingerprint density at radius 3 is 1.40 bits per heavy atom. The van der Waals surface area contributed by atoms with Gasteiger partial charge in [0, 0.05) is 16.5 Å². The summed E-state index contributed by atoms with van der Waals surface area (Å²) in [5, 5.41) is 6.68. The van der Waals surface area contributed by atoms with Gasteiger partial charge in [0.05, 0.1) is 11.4 Å². The molecule has 166 valence electrons. The Morgan fingerprint density at radius 1 is 0.457 bits per heavy atom. The molecular formula is C32H18N2Pt. The second-order valence-electron chi connectivity index (χ2n) is 8.45. The van der Waals surface area contributed by atoms with Gasteiger partial charge in [0.2, 0.25) is 0 Å². The van der Waals surface area contributed by atoms with Gasteiger partial charge in [-0.05, 0) is 16.8 Å². The van der Waals surface area contributed by atoms with Crippen molar-refractivity contribution in [1.29, 1.82) is 0 Å². The van der Waals surface area contributed by atoms with Gasteiger partial charge in [-0.2, -0.15) is 0 Å². The first-order chi connectivity index (χ1) is 16.9. The van der Waals surface area contributed by atoms with Gasteiger partial charge in [-0.1, -0.05) is 72.8 Å². The van der Waals surface area contributed by atoms with Crippen molar-refractivity contribution in [2.24, 2.45) is 9.98 Å². The van der Waals surface area contributed by atoms with Crippen LogP contribution in [0, 0.1) is 12.1 Å². The van der Waals surface area contributed by atoms with Crippen LogP contribution in [0.15, 0.2) is 119 Å². The number of fused-ring (bicyclic) bond motifs is 2. The topological polar surface area (TPSA) is 24.7 Å². The molecular weight excluding hydrogens is 607 g/mol. The van der Waals surface area contributed by atoms with Crippen molar-refractivity contribution < 1.29 is 21.1 Å². The Labute approximate surface area is 217 Å². The van der Waals surface area contributed by atoms with Crippen LogP contribution >= 0.6 is 0 Å². The van der Waals surface area contributed by atoms with Crippen molar-refractivity contribution in [3.8, 4) is 0 Å². The minimum absolute atomic E-state index is 0. The molecule has 0 radical (unpaired) electrons. The fraction of sp³-hybridized carbons (Fsp3) is 0. The molecule has 6 aromatic rings. The van der Waals surface area contributed by atoms with Gasteiger partial charge >= 0.3 is 21.1 Å². The van der Waals surface area contributed by atoms with E-state index in [1.165, 1.54) is 10.8 Å². The molecule has 0 saturated carbocycles. The van der Waals surface area contributed by atoms with Gasteiger partial charge < -0.3 is 0 Å². The third kappa shape index (κ3) is 3.53. The zero-order valence-electron chi connectivity index (χ0n) is 18.6. The van der Waals surface area contributed by atoms with Crippen LogP contribution < -0.4 is 0 Å². The number of benzene rings is 6. The van der Waals surface area contributed by atoms with Crippen LogP contribution in [0.2, 0.25) is 0 Å². The van der Waals surface area contributed by atoms with Crippen LogP contribution in [0.4, 0.5) is 11.4 Å². The third-order valence-electron chi connectivity index (χ3n) is 6.45. The summed E-state index contributed by atoms with van der Waals surface area (Å²) in [4.78, 5) is 10.5. The maximum atomic E-state index is 5.23. The van der Waals surface area contributed by atoms with Gasteiger partial charge in [-0.25, -0.2) is 0 Å². The molecule has 0 aliphatic heterocycles. The van der Waals surface area contributed by atoms with Crippen LogP contribution in [-0.4, -0.2) is 11.4 Å². The molecule has 0 N–H and O–H groups in total. The maximum Gasteiger partial charge on any atom is 2.00 e. The van der Waals surface area contributed by atoms with E-state index in [9.17, 15) is 0 Å². The van der Waals surface area contributed by atoms with E-state index in [1.54, 1.807) is 0 Å². The molecule has 0 amide bonds. The summed E-state index contributed by atoms with van der Waals surface area (Å²) in [6, 6.07) is 44.1. The summed E-state index contributed by atoms with van der Waals surface area (Å²) in [6.07, 6.45) is 0. The summed E-state index contributed by atoms with van der Waals surface area (Å²) < 4.78 is 0. The smallest absolute Gasteiger partial charge is 0.294 e. The normalized spacial score (nSPS) is 14.7. The van der Waals surface area contributed by atoms with Gasteiger partial charge in [-0.3, -0.25) is 9.98 Å². The minimum atomic E-state index is 0. The number of aliphatic imine (C=N–C) groups is 2. The van der Waals surface area contributed by atoms with Crippen molar-refractivity contribution in [3.05, 3.63) is 132 Å².